The molecule has 0 radical (unpaired) electrons. The lowest BCUT2D eigenvalue weighted by Gasteiger charge is -2.02. The molecule has 3 heteroatoms. The molecule has 3 nitrogen and oxygen atoms in total. The van der Waals surface area contributed by atoms with E-state index in [1.54, 1.807) is 7.11 Å². The normalized spacial score (nSPS) is 35.3. The van der Waals surface area contributed by atoms with Gasteiger partial charge in [0.2, 0.25) is 0 Å². The summed E-state index contributed by atoms with van der Waals surface area (Å²) in [5.41, 5.74) is 0. The second kappa shape index (κ2) is 3.15. The standard InChI is InChI=1S/C6H12O3/c1-8-6-2-5(3-7)9-4-6/h5-7H,2-4H2,1H3/t5-,6-/m1/s1. The van der Waals surface area contributed by atoms with Crippen LogP contribution in [0, 0.1) is 0 Å². The topological polar surface area (TPSA) is 38.7 Å². The molecule has 1 aliphatic heterocycles. The van der Waals surface area contributed by atoms with Crippen LogP contribution in [0.2, 0.25) is 0 Å². The molecule has 0 aromatic heterocycles. The fraction of sp³-hybridized carbons (Fsp3) is 1.00. The van der Waals surface area contributed by atoms with Gasteiger partial charge in [-0.2, -0.15) is 0 Å². The van der Waals surface area contributed by atoms with Crippen LogP contribution in [0.15, 0.2) is 0 Å². The highest BCUT2D eigenvalue weighted by atomic mass is 16.6. The van der Waals surface area contributed by atoms with E-state index >= 15 is 0 Å². The summed E-state index contributed by atoms with van der Waals surface area (Å²) in [6.45, 7) is 0.738. The summed E-state index contributed by atoms with van der Waals surface area (Å²) in [6.07, 6.45) is 1.03. The van der Waals surface area contributed by atoms with E-state index in [1.807, 2.05) is 0 Å². The molecule has 0 amide bonds. The minimum absolute atomic E-state index is 0.00921. The third kappa shape index (κ3) is 1.64. The van der Waals surface area contributed by atoms with Crippen molar-refractivity contribution in [1.29, 1.82) is 0 Å². The Hall–Kier alpha value is -0.120. The lowest BCUT2D eigenvalue weighted by atomic mass is 10.2. The Morgan fingerprint density at radius 3 is 2.89 bits per heavy atom. The summed E-state index contributed by atoms with van der Waals surface area (Å²) in [6, 6.07) is 0. The van der Waals surface area contributed by atoms with Crippen LogP contribution in [0.3, 0.4) is 0 Å². The van der Waals surface area contributed by atoms with E-state index in [2.05, 4.69) is 0 Å². The molecule has 0 saturated carbocycles. The maximum Gasteiger partial charge on any atom is 0.0832 e. The van der Waals surface area contributed by atoms with E-state index in [0.29, 0.717) is 6.61 Å². The fourth-order valence-electron chi connectivity index (χ4n) is 0.964. The molecule has 1 aliphatic rings. The zero-order valence-electron chi connectivity index (χ0n) is 5.54. The highest BCUT2D eigenvalue weighted by molar-refractivity contribution is 4.72. The van der Waals surface area contributed by atoms with E-state index in [0.717, 1.165) is 6.42 Å². The van der Waals surface area contributed by atoms with E-state index in [-0.39, 0.29) is 18.8 Å². The second-order valence-corrected chi connectivity index (χ2v) is 2.23. The van der Waals surface area contributed by atoms with E-state index in [1.165, 1.54) is 0 Å². The number of aliphatic hydroxyl groups is 1. The molecule has 54 valence electrons. The van der Waals surface area contributed by atoms with Crippen LogP contribution < -0.4 is 0 Å². The number of ether oxygens (including phenoxy) is 2. The van der Waals surface area contributed by atoms with Crippen molar-refractivity contribution < 1.29 is 14.6 Å². The number of hydrogen-bond donors (Lipinski definition) is 1. The molecule has 0 unspecified atom stereocenters. The number of methoxy groups -OCH3 is 1. The summed E-state index contributed by atoms with van der Waals surface area (Å²) in [5.74, 6) is 0. The van der Waals surface area contributed by atoms with Crippen LogP contribution in [0.5, 0.6) is 0 Å². The van der Waals surface area contributed by atoms with Crippen LogP contribution in [0.1, 0.15) is 6.42 Å². The first-order valence-electron chi connectivity index (χ1n) is 3.12. The first kappa shape index (κ1) is 6.99. The minimum atomic E-state index is 0.00921. The van der Waals surface area contributed by atoms with Crippen molar-refractivity contribution in [2.45, 2.75) is 18.6 Å². The third-order valence-electron chi connectivity index (χ3n) is 1.58. The Bertz CT molecular complexity index is 74.4. The Kier molecular flexibility index (Phi) is 2.45. The predicted molar refractivity (Wildman–Crippen MR) is 32.2 cm³/mol. The maximum atomic E-state index is 8.60. The molecule has 0 aromatic rings. The fourth-order valence-corrected chi connectivity index (χ4v) is 0.964. The monoisotopic (exact) mass is 132 g/mol. The highest BCUT2D eigenvalue weighted by Crippen LogP contribution is 2.14. The quantitative estimate of drug-likeness (QED) is 0.564. The summed E-state index contributed by atoms with van der Waals surface area (Å²) >= 11 is 0. The molecule has 2 atom stereocenters. The van der Waals surface area contributed by atoms with Crippen LogP contribution in [0.25, 0.3) is 0 Å². The van der Waals surface area contributed by atoms with Crippen LogP contribution in [-0.4, -0.2) is 37.6 Å². The Balaban J connectivity index is 2.20. The van der Waals surface area contributed by atoms with Gasteiger partial charge in [0.1, 0.15) is 0 Å². The van der Waals surface area contributed by atoms with Gasteiger partial charge in [0.15, 0.2) is 0 Å². The SMILES string of the molecule is CO[C@H]1CO[C@@H](CO)C1. The van der Waals surface area contributed by atoms with E-state index < -0.39 is 0 Å². The second-order valence-electron chi connectivity index (χ2n) is 2.23. The van der Waals surface area contributed by atoms with Gasteiger partial charge in [0.25, 0.3) is 0 Å². The molecule has 1 fully saturated rings. The van der Waals surface area contributed by atoms with Crippen molar-refractivity contribution in [2.24, 2.45) is 0 Å². The van der Waals surface area contributed by atoms with Crippen molar-refractivity contribution in [3.8, 4) is 0 Å². The molecule has 1 saturated heterocycles. The largest absolute Gasteiger partial charge is 0.394 e. The van der Waals surface area contributed by atoms with Crippen molar-refractivity contribution in [2.75, 3.05) is 20.3 Å². The van der Waals surface area contributed by atoms with Crippen molar-refractivity contribution >= 4 is 0 Å². The molecule has 1 heterocycles. The molecule has 1 rings (SSSR count). The summed E-state index contributed by atoms with van der Waals surface area (Å²) in [5, 5.41) is 8.60. The Morgan fingerprint density at radius 1 is 1.78 bits per heavy atom. The van der Waals surface area contributed by atoms with Gasteiger partial charge in [-0.25, -0.2) is 0 Å². The van der Waals surface area contributed by atoms with Gasteiger partial charge in [-0.1, -0.05) is 0 Å². The summed E-state index contributed by atoms with van der Waals surface area (Å²) < 4.78 is 10.1. The van der Waals surface area contributed by atoms with Crippen LogP contribution in [-0.2, 0) is 9.47 Å². The molecule has 1 N–H and O–H groups in total. The van der Waals surface area contributed by atoms with Crippen molar-refractivity contribution in [3.63, 3.8) is 0 Å². The molecule has 0 bridgehead atoms. The molecule has 0 spiro atoms. The van der Waals surface area contributed by atoms with Crippen LogP contribution >= 0.6 is 0 Å². The first-order valence-corrected chi connectivity index (χ1v) is 3.12. The Morgan fingerprint density at radius 2 is 2.56 bits per heavy atom. The van der Waals surface area contributed by atoms with Crippen molar-refractivity contribution in [1.82, 2.24) is 0 Å². The van der Waals surface area contributed by atoms with Crippen molar-refractivity contribution in [3.05, 3.63) is 0 Å². The zero-order chi connectivity index (χ0) is 6.69. The van der Waals surface area contributed by atoms with Gasteiger partial charge in [0.05, 0.1) is 25.4 Å². The van der Waals surface area contributed by atoms with Gasteiger partial charge < -0.3 is 14.6 Å². The average Bonchev–Trinajstić information content (AvgIpc) is 2.34. The third-order valence-corrected chi connectivity index (χ3v) is 1.58. The lowest BCUT2D eigenvalue weighted by Crippen LogP contribution is -2.12. The molecule has 0 aromatic carbocycles. The van der Waals surface area contributed by atoms with Crippen LogP contribution in [0.4, 0.5) is 0 Å². The van der Waals surface area contributed by atoms with Gasteiger partial charge in [-0.05, 0) is 0 Å². The molecule has 9 heavy (non-hydrogen) atoms. The van der Waals surface area contributed by atoms with Gasteiger partial charge in [-0.3, -0.25) is 0 Å². The lowest BCUT2D eigenvalue weighted by molar-refractivity contribution is 0.0444. The van der Waals surface area contributed by atoms with E-state index in [4.69, 9.17) is 14.6 Å². The number of hydrogen-bond acceptors (Lipinski definition) is 3. The summed E-state index contributed by atoms with van der Waals surface area (Å²) in [7, 11) is 1.66. The minimum Gasteiger partial charge on any atom is -0.394 e. The van der Waals surface area contributed by atoms with Gasteiger partial charge in [-0.15, -0.1) is 0 Å². The molecular formula is C6H12O3. The Labute approximate surface area is 54.6 Å². The average molecular weight is 132 g/mol. The van der Waals surface area contributed by atoms with E-state index in [9.17, 15) is 0 Å². The molecule has 0 aliphatic carbocycles. The number of aliphatic hydroxyl groups excluding tert-OH is 1. The smallest absolute Gasteiger partial charge is 0.0832 e. The predicted octanol–water partition coefficient (Wildman–Crippen LogP) is -0.217. The first-order chi connectivity index (χ1) is 4.36. The molecular weight excluding hydrogens is 120 g/mol. The number of rotatable bonds is 2. The van der Waals surface area contributed by atoms with Gasteiger partial charge >= 0.3 is 0 Å². The maximum absolute atomic E-state index is 8.60. The highest BCUT2D eigenvalue weighted by Gasteiger charge is 2.23. The summed E-state index contributed by atoms with van der Waals surface area (Å²) in [4.78, 5) is 0. The van der Waals surface area contributed by atoms with Gasteiger partial charge in [0, 0.05) is 13.5 Å². The zero-order valence-corrected chi connectivity index (χ0v) is 5.54.